The molecule has 326 valence electrons. The summed E-state index contributed by atoms with van der Waals surface area (Å²) in [6.45, 7) is 0. The molecule has 0 atom stereocenters. The van der Waals surface area contributed by atoms with E-state index in [1.165, 1.54) is 114 Å². The van der Waals surface area contributed by atoms with E-state index in [-0.39, 0.29) is 0 Å². The van der Waals surface area contributed by atoms with Gasteiger partial charge in [0.15, 0.2) is 0 Å². The van der Waals surface area contributed by atoms with Gasteiger partial charge in [-0.2, -0.15) is 0 Å². The van der Waals surface area contributed by atoms with Crippen LogP contribution in [0, 0.1) is 0 Å². The molecule has 0 radical (unpaired) electrons. The molecule has 0 N–H and O–H groups in total. The summed E-state index contributed by atoms with van der Waals surface area (Å²) in [4.78, 5) is 2.51. The molecule has 13 aromatic rings. The zero-order valence-corrected chi connectivity index (χ0v) is 38.9. The molecular weight excluding hydrogens is 865 g/mol. The first kappa shape index (κ1) is 39.3. The molecule has 15 rings (SSSR count). The van der Waals surface area contributed by atoms with Crippen LogP contribution >= 0.6 is 11.3 Å². The number of thiophene rings is 1. The number of anilines is 3. The minimum absolute atomic E-state index is 0.514. The van der Waals surface area contributed by atoms with Crippen LogP contribution in [0.2, 0.25) is 0 Å². The maximum Gasteiger partial charge on any atom is 0.0746 e. The van der Waals surface area contributed by atoms with E-state index in [1.54, 1.807) is 0 Å². The summed E-state index contributed by atoms with van der Waals surface area (Å²) in [6, 6.07) is 94.8. The van der Waals surface area contributed by atoms with Crippen LogP contribution in [0.5, 0.6) is 0 Å². The second-order valence-corrected chi connectivity index (χ2v) is 19.8. The van der Waals surface area contributed by atoms with E-state index in [0.717, 1.165) is 17.1 Å². The van der Waals surface area contributed by atoms with Crippen molar-refractivity contribution in [1.82, 2.24) is 4.57 Å². The topological polar surface area (TPSA) is 8.17 Å². The first-order chi connectivity index (χ1) is 34.7. The highest BCUT2D eigenvalue weighted by molar-refractivity contribution is 7.25. The summed E-state index contributed by atoms with van der Waals surface area (Å²) >= 11 is 1.88. The van der Waals surface area contributed by atoms with Gasteiger partial charge in [-0.1, -0.05) is 188 Å². The standard InChI is InChI=1S/C67H42N2S/c1-3-17-43(18-4-1)44-33-37-47(38-34-44)68(61-31-16-26-54-52-23-9-13-29-59(52)67(66(54)61)57-27-11-7-21-50(57)51-22-8-12-28-58(51)67)48-39-35-45(36-40-48)49-25-15-30-60-65(49)56-41-55-53-24-10-14-32-63(53)70-64(55)42-62(56)69(60)46-19-5-2-6-20-46/h1-42H. The molecule has 0 saturated heterocycles. The van der Waals surface area contributed by atoms with Crippen molar-refractivity contribution < 1.29 is 0 Å². The van der Waals surface area contributed by atoms with Crippen molar-refractivity contribution in [1.29, 1.82) is 0 Å². The number of para-hydroxylation sites is 1. The Kier molecular flexibility index (Phi) is 8.48. The molecule has 0 amide bonds. The Balaban J connectivity index is 0.957. The molecular formula is C67H42N2S. The molecule has 0 aliphatic heterocycles. The number of rotatable bonds is 6. The van der Waals surface area contributed by atoms with Gasteiger partial charge in [-0.25, -0.2) is 0 Å². The fourth-order valence-corrected chi connectivity index (χ4v) is 13.5. The van der Waals surface area contributed by atoms with Gasteiger partial charge in [-0.15, -0.1) is 11.3 Å². The highest BCUT2D eigenvalue weighted by atomic mass is 32.1. The average Bonchev–Trinajstić information content (AvgIpc) is 4.15. The third-order valence-electron chi connectivity index (χ3n) is 15.2. The van der Waals surface area contributed by atoms with Gasteiger partial charge in [0.25, 0.3) is 0 Å². The predicted molar refractivity (Wildman–Crippen MR) is 296 cm³/mol. The number of hydrogen-bond acceptors (Lipinski definition) is 2. The van der Waals surface area contributed by atoms with Gasteiger partial charge in [-0.05, 0) is 128 Å². The van der Waals surface area contributed by atoms with Crippen LogP contribution in [0.4, 0.5) is 17.1 Å². The van der Waals surface area contributed by atoms with Crippen LogP contribution in [0.3, 0.4) is 0 Å². The van der Waals surface area contributed by atoms with Gasteiger partial charge in [0.2, 0.25) is 0 Å². The zero-order valence-electron chi connectivity index (χ0n) is 38.1. The van der Waals surface area contributed by atoms with Gasteiger partial charge in [0, 0.05) is 53.6 Å². The Morgan fingerprint density at radius 3 is 1.56 bits per heavy atom. The summed E-state index contributed by atoms with van der Waals surface area (Å²) in [5.41, 5.74) is 21.7. The van der Waals surface area contributed by atoms with Gasteiger partial charge in [0.05, 0.1) is 22.1 Å². The molecule has 2 aromatic heterocycles. The Morgan fingerprint density at radius 2 is 0.871 bits per heavy atom. The van der Waals surface area contributed by atoms with E-state index in [0.29, 0.717) is 0 Å². The fraction of sp³-hybridized carbons (Fsp3) is 0.0149. The molecule has 2 aliphatic carbocycles. The Labute approximate surface area is 410 Å². The molecule has 2 nitrogen and oxygen atoms in total. The highest BCUT2D eigenvalue weighted by Gasteiger charge is 2.53. The monoisotopic (exact) mass is 906 g/mol. The average molecular weight is 907 g/mol. The lowest BCUT2D eigenvalue weighted by molar-refractivity contribution is 0.793. The van der Waals surface area contributed by atoms with Crippen molar-refractivity contribution in [2.45, 2.75) is 5.41 Å². The predicted octanol–water partition coefficient (Wildman–Crippen LogP) is 18.3. The SMILES string of the molecule is c1ccc(-c2ccc(N(c3ccc(-c4cccc5c4c4cc6c(cc4n5-c4ccccc4)sc4ccccc46)cc3)c3cccc4c3C3(c5ccccc5-c5ccccc53)c3ccccc3-4)cc2)cc1. The Bertz CT molecular complexity index is 4160. The number of nitrogens with zero attached hydrogens (tertiary/aromatic N) is 2. The fourth-order valence-electron chi connectivity index (χ4n) is 12.4. The van der Waals surface area contributed by atoms with Crippen molar-refractivity contribution >= 4 is 70.4 Å². The minimum Gasteiger partial charge on any atom is -0.310 e. The largest absolute Gasteiger partial charge is 0.310 e. The first-order valence-corrected chi connectivity index (χ1v) is 25.0. The normalized spacial score (nSPS) is 13.0. The number of hydrogen-bond donors (Lipinski definition) is 0. The Hall–Kier alpha value is -8.76. The van der Waals surface area contributed by atoms with Crippen LogP contribution in [-0.4, -0.2) is 4.57 Å². The lowest BCUT2D eigenvalue weighted by atomic mass is 9.70. The maximum atomic E-state index is 2.51. The number of benzene rings is 11. The van der Waals surface area contributed by atoms with Crippen molar-refractivity contribution in [3.8, 4) is 50.2 Å². The highest BCUT2D eigenvalue weighted by Crippen LogP contribution is 2.65. The summed E-state index contributed by atoms with van der Waals surface area (Å²) in [5, 5.41) is 5.14. The second-order valence-electron chi connectivity index (χ2n) is 18.7. The third kappa shape index (κ3) is 5.49. The molecule has 0 fully saturated rings. The number of aromatic nitrogens is 1. The quantitative estimate of drug-likeness (QED) is 0.161. The number of fused-ring (bicyclic) bond motifs is 16. The van der Waals surface area contributed by atoms with Gasteiger partial charge < -0.3 is 9.47 Å². The van der Waals surface area contributed by atoms with Crippen LogP contribution in [0.15, 0.2) is 255 Å². The molecule has 0 saturated carbocycles. The van der Waals surface area contributed by atoms with Crippen LogP contribution in [0.1, 0.15) is 22.3 Å². The molecule has 11 aromatic carbocycles. The van der Waals surface area contributed by atoms with Gasteiger partial charge in [-0.3, -0.25) is 0 Å². The summed E-state index contributed by atoms with van der Waals surface area (Å²) < 4.78 is 5.07. The van der Waals surface area contributed by atoms with Crippen molar-refractivity contribution in [3.05, 3.63) is 277 Å². The molecule has 0 bridgehead atoms. The van der Waals surface area contributed by atoms with Crippen molar-refractivity contribution in [2.75, 3.05) is 4.90 Å². The zero-order chi connectivity index (χ0) is 45.9. The molecule has 2 heterocycles. The third-order valence-corrected chi connectivity index (χ3v) is 16.3. The van der Waals surface area contributed by atoms with Crippen LogP contribution in [-0.2, 0) is 5.41 Å². The summed E-state index contributed by atoms with van der Waals surface area (Å²) in [7, 11) is 0. The van der Waals surface area contributed by atoms with Crippen molar-refractivity contribution in [2.24, 2.45) is 0 Å². The van der Waals surface area contributed by atoms with E-state index in [4.69, 9.17) is 0 Å². The molecule has 3 heteroatoms. The van der Waals surface area contributed by atoms with E-state index < -0.39 is 5.41 Å². The van der Waals surface area contributed by atoms with E-state index in [2.05, 4.69) is 264 Å². The Morgan fingerprint density at radius 1 is 0.343 bits per heavy atom. The smallest absolute Gasteiger partial charge is 0.0746 e. The second kappa shape index (κ2) is 15.1. The summed E-state index contributed by atoms with van der Waals surface area (Å²) in [5.74, 6) is 0. The van der Waals surface area contributed by atoms with Crippen molar-refractivity contribution in [3.63, 3.8) is 0 Å². The maximum absolute atomic E-state index is 2.51. The minimum atomic E-state index is -0.514. The van der Waals surface area contributed by atoms with Crippen LogP contribution < -0.4 is 4.90 Å². The molecule has 2 aliphatic rings. The van der Waals surface area contributed by atoms with E-state index >= 15 is 0 Å². The summed E-state index contributed by atoms with van der Waals surface area (Å²) in [6.07, 6.45) is 0. The molecule has 70 heavy (non-hydrogen) atoms. The first-order valence-electron chi connectivity index (χ1n) is 24.2. The van der Waals surface area contributed by atoms with Gasteiger partial charge >= 0.3 is 0 Å². The van der Waals surface area contributed by atoms with Gasteiger partial charge in [0.1, 0.15) is 0 Å². The van der Waals surface area contributed by atoms with E-state index in [9.17, 15) is 0 Å². The lowest BCUT2D eigenvalue weighted by Gasteiger charge is -2.36. The molecule has 1 spiro atoms. The molecule has 0 unspecified atom stereocenters. The van der Waals surface area contributed by atoms with Crippen LogP contribution in [0.25, 0.3) is 92.2 Å². The van der Waals surface area contributed by atoms with E-state index in [1.807, 2.05) is 11.3 Å². The lowest BCUT2D eigenvalue weighted by Crippen LogP contribution is -2.28.